The Bertz CT molecular complexity index is 176. The van der Waals surface area contributed by atoms with Crippen molar-refractivity contribution in [2.24, 2.45) is 5.84 Å². The van der Waals surface area contributed by atoms with Crippen LogP contribution in [-0.4, -0.2) is 30.6 Å². The molecule has 6 nitrogen and oxygen atoms in total. The van der Waals surface area contributed by atoms with Crippen LogP contribution in [0.5, 0.6) is 0 Å². The molecule has 0 bridgehead atoms. The normalized spacial score (nSPS) is 9.38. The molecular weight excluding hydrogens is 196 g/mol. The van der Waals surface area contributed by atoms with Crippen LogP contribution in [0.4, 0.5) is 0 Å². The summed E-state index contributed by atoms with van der Waals surface area (Å²) in [7, 11) is 1.31. The zero-order valence-electron chi connectivity index (χ0n) is 7.24. The van der Waals surface area contributed by atoms with Crippen molar-refractivity contribution in [3.63, 3.8) is 0 Å². The highest BCUT2D eigenvalue weighted by Crippen LogP contribution is 2.03. The maximum absolute atomic E-state index is 10.7. The average molecular weight is 208 g/mol. The first kappa shape index (κ1) is 12.2. The van der Waals surface area contributed by atoms with Gasteiger partial charge >= 0.3 is 11.9 Å². The van der Waals surface area contributed by atoms with E-state index in [2.05, 4.69) is 9.57 Å². The van der Waals surface area contributed by atoms with Gasteiger partial charge in [0, 0.05) is 5.75 Å². The van der Waals surface area contributed by atoms with Crippen molar-refractivity contribution in [1.29, 1.82) is 0 Å². The molecule has 0 rings (SSSR count). The summed E-state index contributed by atoms with van der Waals surface area (Å²) in [5, 5.41) is 0. The lowest BCUT2D eigenvalue weighted by molar-refractivity contribution is -0.150. The first-order valence-corrected chi connectivity index (χ1v) is 4.66. The van der Waals surface area contributed by atoms with Crippen LogP contribution in [-0.2, 0) is 19.2 Å². The van der Waals surface area contributed by atoms with Crippen LogP contribution in [0.2, 0.25) is 0 Å². The molecule has 0 heterocycles. The lowest BCUT2D eigenvalue weighted by Gasteiger charge is -2.00. The molecule has 0 spiro atoms. The number of methoxy groups -OCH3 is 1. The molecule has 0 radical (unpaired) electrons. The standard InChI is InChI=1S/C6H12N2O4S/c1-11-6(10)4-13-3-2-5(9)12-8-7/h8H,2-4,7H2,1H3. The van der Waals surface area contributed by atoms with Crippen molar-refractivity contribution < 1.29 is 19.2 Å². The Balaban J connectivity index is 3.25. The Labute approximate surface area is 80.1 Å². The summed E-state index contributed by atoms with van der Waals surface area (Å²) in [4.78, 5) is 25.5. The van der Waals surface area contributed by atoms with Crippen molar-refractivity contribution in [2.75, 3.05) is 18.6 Å². The van der Waals surface area contributed by atoms with E-state index in [0.29, 0.717) is 5.75 Å². The highest BCUT2D eigenvalue weighted by molar-refractivity contribution is 7.99. The molecule has 0 aromatic rings. The molecule has 0 aromatic carbocycles. The van der Waals surface area contributed by atoms with Crippen LogP contribution in [0.1, 0.15) is 6.42 Å². The highest BCUT2D eigenvalue weighted by Gasteiger charge is 2.04. The molecule has 76 valence electrons. The fraction of sp³-hybridized carbons (Fsp3) is 0.667. The second kappa shape index (κ2) is 7.84. The van der Waals surface area contributed by atoms with Crippen LogP contribution in [0.15, 0.2) is 0 Å². The van der Waals surface area contributed by atoms with Crippen LogP contribution in [0, 0.1) is 0 Å². The number of hydrogen-bond donors (Lipinski definition) is 2. The summed E-state index contributed by atoms with van der Waals surface area (Å²) in [5.74, 6) is 4.69. The van der Waals surface area contributed by atoms with Gasteiger partial charge in [-0.3, -0.25) is 9.59 Å². The van der Waals surface area contributed by atoms with Crippen LogP contribution < -0.4 is 11.4 Å². The van der Waals surface area contributed by atoms with E-state index < -0.39 is 5.97 Å². The minimum Gasteiger partial charge on any atom is -0.468 e. The Hall–Kier alpha value is -0.790. The number of rotatable bonds is 6. The van der Waals surface area contributed by atoms with Crippen molar-refractivity contribution >= 4 is 23.7 Å². The fourth-order valence-corrected chi connectivity index (χ4v) is 1.23. The van der Waals surface area contributed by atoms with Gasteiger partial charge in [0.15, 0.2) is 0 Å². The van der Waals surface area contributed by atoms with Gasteiger partial charge in [-0.2, -0.15) is 0 Å². The van der Waals surface area contributed by atoms with Crippen LogP contribution in [0.25, 0.3) is 0 Å². The summed E-state index contributed by atoms with van der Waals surface area (Å²) >= 11 is 1.30. The van der Waals surface area contributed by atoms with E-state index in [0.717, 1.165) is 0 Å². The average Bonchev–Trinajstić information content (AvgIpc) is 2.12. The maximum atomic E-state index is 10.7. The molecule has 0 aromatic heterocycles. The molecule has 0 saturated carbocycles. The van der Waals surface area contributed by atoms with Crippen LogP contribution >= 0.6 is 11.8 Å². The monoisotopic (exact) mass is 208 g/mol. The largest absolute Gasteiger partial charge is 0.468 e. The molecule has 13 heavy (non-hydrogen) atoms. The molecule has 0 unspecified atom stereocenters. The van der Waals surface area contributed by atoms with E-state index in [1.807, 2.05) is 0 Å². The van der Waals surface area contributed by atoms with E-state index in [-0.39, 0.29) is 18.1 Å². The van der Waals surface area contributed by atoms with Gasteiger partial charge in [-0.25, -0.2) is 5.84 Å². The summed E-state index contributed by atoms with van der Waals surface area (Å²) in [5.41, 5.74) is 1.78. The van der Waals surface area contributed by atoms with E-state index >= 15 is 0 Å². The van der Waals surface area contributed by atoms with Crippen molar-refractivity contribution in [3.8, 4) is 0 Å². The Kier molecular flexibility index (Phi) is 7.36. The van der Waals surface area contributed by atoms with Gasteiger partial charge in [0.25, 0.3) is 0 Å². The third-order valence-electron chi connectivity index (χ3n) is 1.07. The molecule has 7 heteroatoms. The molecule has 0 aliphatic carbocycles. The first-order chi connectivity index (χ1) is 6.20. The minimum atomic E-state index is -0.458. The number of esters is 1. The zero-order chi connectivity index (χ0) is 10.1. The Morgan fingerprint density at radius 3 is 2.69 bits per heavy atom. The molecule has 0 atom stereocenters. The van der Waals surface area contributed by atoms with Crippen molar-refractivity contribution in [1.82, 2.24) is 5.59 Å². The minimum absolute atomic E-state index is 0.200. The first-order valence-electron chi connectivity index (χ1n) is 3.50. The van der Waals surface area contributed by atoms with Gasteiger partial charge in [-0.1, -0.05) is 5.59 Å². The van der Waals surface area contributed by atoms with E-state index in [1.54, 1.807) is 5.59 Å². The third kappa shape index (κ3) is 7.57. The second-order valence-electron chi connectivity index (χ2n) is 1.97. The van der Waals surface area contributed by atoms with E-state index in [4.69, 9.17) is 5.84 Å². The van der Waals surface area contributed by atoms with E-state index in [1.165, 1.54) is 18.9 Å². The summed E-state index contributed by atoms with van der Waals surface area (Å²) in [6.45, 7) is 0. The highest BCUT2D eigenvalue weighted by atomic mass is 32.2. The van der Waals surface area contributed by atoms with Gasteiger partial charge in [-0.15, -0.1) is 11.8 Å². The number of ether oxygens (including phenoxy) is 1. The number of thioether (sulfide) groups is 1. The molecule has 0 amide bonds. The molecule has 0 aliphatic rings. The fourth-order valence-electron chi connectivity index (χ4n) is 0.487. The Morgan fingerprint density at radius 2 is 2.15 bits per heavy atom. The third-order valence-corrected chi connectivity index (χ3v) is 2.00. The topological polar surface area (TPSA) is 90.7 Å². The number of nitrogens with one attached hydrogen (secondary N) is 1. The lowest BCUT2D eigenvalue weighted by atomic mass is 10.5. The molecule has 0 saturated heterocycles. The number of carbonyl (C=O) groups is 2. The molecule has 3 N–H and O–H groups in total. The van der Waals surface area contributed by atoms with Gasteiger partial charge in [0.2, 0.25) is 0 Å². The predicted octanol–water partition coefficient (Wildman–Crippen LogP) is -0.796. The van der Waals surface area contributed by atoms with Gasteiger partial charge in [-0.05, 0) is 0 Å². The maximum Gasteiger partial charge on any atom is 0.327 e. The molecular formula is C6H12N2O4S. The summed E-state index contributed by atoms with van der Waals surface area (Å²) in [6, 6.07) is 0. The van der Waals surface area contributed by atoms with Gasteiger partial charge in [0.05, 0.1) is 19.3 Å². The molecule has 0 aliphatic heterocycles. The number of hydrazine groups is 1. The summed E-state index contributed by atoms with van der Waals surface area (Å²) < 4.78 is 4.40. The SMILES string of the molecule is COC(=O)CSCCC(=O)ONN. The summed E-state index contributed by atoms with van der Waals surface area (Å²) in [6.07, 6.45) is 0.200. The van der Waals surface area contributed by atoms with Crippen molar-refractivity contribution in [3.05, 3.63) is 0 Å². The zero-order valence-corrected chi connectivity index (χ0v) is 8.06. The Morgan fingerprint density at radius 1 is 1.46 bits per heavy atom. The smallest absolute Gasteiger partial charge is 0.327 e. The van der Waals surface area contributed by atoms with E-state index in [9.17, 15) is 9.59 Å². The molecule has 0 fully saturated rings. The van der Waals surface area contributed by atoms with Gasteiger partial charge in [0.1, 0.15) is 0 Å². The quantitative estimate of drug-likeness (QED) is 0.256. The second-order valence-corrected chi connectivity index (χ2v) is 3.08. The van der Waals surface area contributed by atoms with Crippen molar-refractivity contribution in [2.45, 2.75) is 6.42 Å². The number of nitrogens with two attached hydrogens (primary N) is 1. The van der Waals surface area contributed by atoms with Gasteiger partial charge < -0.3 is 9.57 Å². The van der Waals surface area contributed by atoms with Crippen LogP contribution in [0.3, 0.4) is 0 Å². The number of hydrogen-bond acceptors (Lipinski definition) is 7. The lowest BCUT2D eigenvalue weighted by Crippen LogP contribution is -2.26. The number of carbonyl (C=O) groups excluding carboxylic acids is 2. The predicted molar refractivity (Wildman–Crippen MR) is 47.4 cm³/mol.